The number of halogens is 2. The van der Waals surface area contributed by atoms with Crippen molar-refractivity contribution in [2.45, 2.75) is 51.6 Å². The summed E-state index contributed by atoms with van der Waals surface area (Å²) < 4.78 is 52.9. The number of nitrogens with one attached hydrogen (secondary N) is 1. The number of aromatic nitrogens is 3. The number of nitrogens with zero attached hydrogens (tertiary/aromatic N) is 3. The molecule has 196 valence electrons. The van der Waals surface area contributed by atoms with Gasteiger partial charge >= 0.3 is 5.69 Å². The Morgan fingerprint density at radius 1 is 1.19 bits per heavy atom. The maximum absolute atomic E-state index is 13.4. The van der Waals surface area contributed by atoms with Crippen molar-refractivity contribution in [2.75, 3.05) is 18.1 Å². The summed E-state index contributed by atoms with van der Waals surface area (Å²) in [6.45, 7) is 4.79. The summed E-state index contributed by atoms with van der Waals surface area (Å²) in [5.74, 6) is 0.527. The van der Waals surface area contributed by atoms with Crippen LogP contribution in [0.2, 0.25) is 0 Å². The number of rotatable bonds is 7. The van der Waals surface area contributed by atoms with Gasteiger partial charge < -0.3 is 10.1 Å². The van der Waals surface area contributed by atoms with E-state index in [-0.39, 0.29) is 40.7 Å². The minimum Gasteiger partial charge on any atom is -0.487 e. The second-order valence-corrected chi connectivity index (χ2v) is 12.0. The number of hydrogen-bond donors (Lipinski definition) is 3. The Morgan fingerprint density at radius 3 is 2.53 bits per heavy atom. The zero-order valence-electron chi connectivity index (χ0n) is 20.3. The van der Waals surface area contributed by atoms with E-state index in [1.807, 2.05) is 20.8 Å². The molecule has 3 aromatic rings. The number of ether oxygens (including phenoxy) is 1. The van der Waals surface area contributed by atoms with Gasteiger partial charge in [0.25, 0.3) is 12.3 Å². The van der Waals surface area contributed by atoms with Crippen molar-refractivity contribution in [1.82, 2.24) is 19.4 Å². The Bertz CT molecular complexity index is 1330. The monoisotopic (exact) mass is 524 g/mol. The first-order chi connectivity index (χ1) is 16.9. The van der Waals surface area contributed by atoms with Gasteiger partial charge in [-0.1, -0.05) is 0 Å². The number of alkyl halides is 2. The van der Waals surface area contributed by atoms with Crippen LogP contribution in [-0.2, 0) is 0 Å². The number of amides is 1. The van der Waals surface area contributed by atoms with Gasteiger partial charge in [-0.3, -0.25) is 18.5 Å². The van der Waals surface area contributed by atoms with Crippen molar-refractivity contribution in [1.29, 1.82) is 0 Å². The van der Waals surface area contributed by atoms with Gasteiger partial charge in [0.2, 0.25) is 0 Å². The number of hydrogen-bond acceptors (Lipinski definition) is 6. The second kappa shape index (κ2) is 9.83. The van der Waals surface area contributed by atoms with Crippen LogP contribution in [0.15, 0.2) is 41.3 Å². The van der Waals surface area contributed by atoms with Crippen molar-refractivity contribution in [3.63, 3.8) is 0 Å². The highest BCUT2D eigenvalue weighted by Crippen LogP contribution is 2.46. The lowest BCUT2D eigenvalue weighted by atomic mass is 9.94. The topological polar surface area (TPSA) is 119 Å². The number of imidazole rings is 1. The van der Waals surface area contributed by atoms with Gasteiger partial charge in [-0.2, -0.15) is 10.6 Å². The lowest BCUT2D eigenvalue weighted by molar-refractivity contribution is 0.0818. The van der Waals surface area contributed by atoms with E-state index in [1.54, 1.807) is 18.2 Å². The minimum atomic E-state index is -2.64. The fourth-order valence-corrected chi connectivity index (χ4v) is 6.09. The first kappa shape index (κ1) is 26.1. The summed E-state index contributed by atoms with van der Waals surface area (Å²) in [7, 11) is -2.58. The normalized spacial score (nSPS) is 17.9. The molecule has 0 aliphatic carbocycles. The number of benzene rings is 1. The van der Waals surface area contributed by atoms with E-state index in [2.05, 4.69) is 10.3 Å². The van der Waals surface area contributed by atoms with Crippen LogP contribution in [-0.4, -0.2) is 59.2 Å². The molecule has 1 aliphatic heterocycles. The second-order valence-electron chi connectivity index (χ2n) is 9.56. The molecule has 1 aromatic carbocycles. The maximum Gasteiger partial charge on any atom is 0.335 e. The van der Waals surface area contributed by atoms with Gasteiger partial charge in [0.1, 0.15) is 18.2 Å². The molecule has 3 heterocycles. The van der Waals surface area contributed by atoms with Crippen molar-refractivity contribution >= 4 is 27.5 Å². The van der Waals surface area contributed by atoms with E-state index in [0.29, 0.717) is 29.4 Å². The Morgan fingerprint density at radius 2 is 1.89 bits per heavy atom. The van der Waals surface area contributed by atoms with Crippen LogP contribution in [0.3, 0.4) is 0 Å². The molecular formula is C24H30F2N4O5S. The number of pyridine rings is 1. The summed E-state index contributed by atoms with van der Waals surface area (Å²) in [6, 6.07) is 7.52. The van der Waals surface area contributed by atoms with Crippen molar-refractivity contribution in [3.05, 3.63) is 52.6 Å². The molecular weight excluding hydrogens is 494 g/mol. The van der Waals surface area contributed by atoms with Crippen LogP contribution in [0.4, 0.5) is 8.78 Å². The van der Waals surface area contributed by atoms with Crippen LogP contribution >= 0.6 is 10.6 Å². The van der Waals surface area contributed by atoms with Crippen LogP contribution in [0, 0.1) is 0 Å². The largest absolute Gasteiger partial charge is 0.487 e. The van der Waals surface area contributed by atoms with Gasteiger partial charge in [-0.25, -0.2) is 23.1 Å². The van der Waals surface area contributed by atoms with Gasteiger partial charge in [0.15, 0.2) is 0 Å². The molecule has 0 radical (unpaired) electrons. The molecule has 0 spiro atoms. The first-order valence-electron chi connectivity index (χ1n) is 11.6. The maximum atomic E-state index is 13.4. The van der Waals surface area contributed by atoms with Crippen LogP contribution < -0.4 is 15.7 Å². The molecule has 0 bridgehead atoms. The van der Waals surface area contributed by atoms with Crippen molar-refractivity contribution < 1.29 is 27.4 Å². The molecule has 2 aromatic heterocycles. The summed E-state index contributed by atoms with van der Waals surface area (Å²) in [4.78, 5) is 30.8. The van der Waals surface area contributed by atoms with Gasteiger partial charge in [-0.15, -0.1) is 0 Å². The predicted octanol–water partition coefficient (Wildman–Crippen LogP) is 4.44. The molecule has 12 heteroatoms. The van der Waals surface area contributed by atoms with Crippen LogP contribution in [0.1, 0.15) is 50.0 Å². The van der Waals surface area contributed by atoms with Gasteiger partial charge in [0, 0.05) is 40.9 Å². The first-order valence-corrected chi connectivity index (χ1v) is 13.5. The number of carbonyl (C=O) groups excluding carboxylic acids is 1. The fourth-order valence-electron chi connectivity index (χ4n) is 4.33. The quantitative estimate of drug-likeness (QED) is 0.420. The van der Waals surface area contributed by atoms with Crippen LogP contribution in [0.5, 0.6) is 5.75 Å². The zero-order chi connectivity index (χ0) is 26.3. The van der Waals surface area contributed by atoms with E-state index in [9.17, 15) is 27.5 Å². The molecule has 1 amide bonds. The van der Waals surface area contributed by atoms with Gasteiger partial charge in [0.05, 0.1) is 11.0 Å². The van der Waals surface area contributed by atoms with E-state index >= 15 is 0 Å². The third kappa shape index (κ3) is 5.40. The molecule has 0 saturated carbocycles. The van der Waals surface area contributed by atoms with E-state index in [4.69, 9.17) is 4.74 Å². The molecule has 1 fully saturated rings. The third-order valence-corrected chi connectivity index (χ3v) is 8.07. The fraction of sp³-hybridized carbons (Fsp3) is 0.458. The summed E-state index contributed by atoms with van der Waals surface area (Å²) >= 11 is 0. The Balaban J connectivity index is 1.70. The standard InChI is InChI=1S/C24H30F2N4O5S/c1-15(2)29-19-12-16(22(31)28-24(3)7-10-36(33,34)11-8-24)4-5-18(19)30(23(29)32)21-13-17(6-9-27-21)35-14-20(25)26/h4-6,9,12-13,15,20,33-34H,7-8,10-11,14H2,1-3H3,(H,28,31). The van der Waals surface area contributed by atoms with E-state index in [1.165, 1.54) is 27.5 Å². The molecule has 3 N–H and O–H groups in total. The molecule has 36 heavy (non-hydrogen) atoms. The Hall–Kier alpha value is -2.96. The summed E-state index contributed by atoms with van der Waals surface area (Å²) in [6.07, 6.45) is -0.357. The lowest BCUT2D eigenvalue weighted by Gasteiger charge is -2.44. The van der Waals surface area contributed by atoms with Crippen LogP contribution in [0.25, 0.3) is 16.9 Å². The SMILES string of the molecule is CC(C)n1c(=O)n(-c2cc(OCC(F)F)ccn2)c2ccc(C(=O)NC3(C)CCS(O)(O)CC3)cc21. The smallest absolute Gasteiger partial charge is 0.335 e. The summed E-state index contributed by atoms with van der Waals surface area (Å²) in [5.41, 5.74) is 0.420. The average molecular weight is 525 g/mol. The van der Waals surface area contributed by atoms with E-state index in [0.717, 1.165) is 0 Å². The van der Waals surface area contributed by atoms with Crippen molar-refractivity contribution in [2.24, 2.45) is 0 Å². The molecule has 4 rings (SSSR count). The number of carbonyl (C=O) groups is 1. The zero-order valence-corrected chi connectivity index (χ0v) is 21.1. The highest BCUT2D eigenvalue weighted by Gasteiger charge is 2.35. The summed E-state index contributed by atoms with van der Waals surface area (Å²) in [5, 5.41) is 3.01. The third-order valence-electron chi connectivity index (χ3n) is 6.35. The lowest BCUT2D eigenvalue weighted by Crippen LogP contribution is -2.50. The van der Waals surface area contributed by atoms with Gasteiger partial charge in [-0.05, 0) is 57.9 Å². The van der Waals surface area contributed by atoms with Crippen molar-refractivity contribution in [3.8, 4) is 11.6 Å². The Kier molecular flexibility index (Phi) is 7.13. The predicted molar refractivity (Wildman–Crippen MR) is 135 cm³/mol. The van der Waals surface area contributed by atoms with E-state index < -0.39 is 29.2 Å². The Labute approximate surface area is 208 Å². The highest BCUT2D eigenvalue weighted by molar-refractivity contribution is 8.24. The highest BCUT2D eigenvalue weighted by atomic mass is 32.3. The number of fused-ring (bicyclic) bond motifs is 1. The molecule has 1 aliphatic rings. The molecule has 1 saturated heterocycles. The molecule has 0 unspecified atom stereocenters. The molecule has 9 nitrogen and oxygen atoms in total. The molecule has 0 atom stereocenters. The minimum absolute atomic E-state index is 0.158. The average Bonchev–Trinajstić information content (AvgIpc) is 3.11.